The number of rotatable bonds is 13. The molecular weight excluding hydrogens is 548 g/mol. The topological polar surface area (TPSA) is 92.2 Å². The molecule has 6 nitrogen and oxygen atoms in total. The molecule has 246 valence electrons. The summed E-state index contributed by atoms with van der Waals surface area (Å²) in [6.07, 6.45) is 13.6. The quantitative estimate of drug-likeness (QED) is 0.163. The Morgan fingerprint density at radius 1 is 1.07 bits per heavy atom. The number of nitrogens with one attached hydrogen (secondary N) is 1. The van der Waals surface area contributed by atoms with Gasteiger partial charge in [-0.1, -0.05) is 71.9 Å². The van der Waals surface area contributed by atoms with Gasteiger partial charge >= 0.3 is 5.97 Å². The molecule has 1 fully saturated rings. The van der Waals surface area contributed by atoms with Gasteiger partial charge in [0.05, 0.1) is 17.8 Å². The molecule has 3 rings (SSSR count). The second-order valence-corrected chi connectivity index (χ2v) is 16.0. The van der Waals surface area contributed by atoms with Gasteiger partial charge in [-0.25, -0.2) is 4.79 Å². The maximum atomic E-state index is 13.1. The van der Waals surface area contributed by atoms with Crippen LogP contribution in [0.3, 0.4) is 0 Å². The van der Waals surface area contributed by atoms with Crippen molar-refractivity contribution < 1.29 is 24.7 Å². The van der Waals surface area contributed by atoms with Crippen LogP contribution in [0.2, 0.25) is 0 Å². The largest absolute Gasteiger partial charge is 0.459 e. The third kappa shape index (κ3) is 11.0. The summed E-state index contributed by atoms with van der Waals surface area (Å²) in [6.45, 7) is 19.2. The molecule has 0 heterocycles. The third-order valence-corrected chi connectivity index (χ3v) is 9.63. The van der Waals surface area contributed by atoms with Crippen LogP contribution in [0.4, 0.5) is 0 Å². The number of nitrogens with two attached hydrogens (primary N) is 1. The van der Waals surface area contributed by atoms with Crippen molar-refractivity contribution in [2.45, 2.75) is 150 Å². The minimum atomic E-state index is -0.622. The number of aliphatic hydroxyl groups excluding tert-OH is 1. The lowest BCUT2D eigenvalue weighted by Gasteiger charge is -2.46. The molecule has 44 heavy (non-hydrogen) atoms. The van der Waals surface area contributed by atoms with Crippen molar-refractivity contribution in [2.75, 3.05) is 0 Å². The Kier molecular flexibility index (Phi) is 12.6. The number of Topliss-reactive ketones (excluding diaryl/α,β-unsaturated/α-hetero) is 1. The van der Waals surface area contributed by atoms with Crippen molar-refractivity contribution in [3.8, 4) is 0 Å². The Morgan fingerprint density at radius 2 is 1.70 bits per heavy atom. The van der Waals surface area contributed by atoms with E-state index >= 15 is 0 Å². The van der Waals surface area contributed by atoms with Crippen molar-refractivity contribution in [1.82, 2.24) is 5.32 Å². The number of ketones is 1. The molecule has 2 unspecified atom stereocenters. The zero-order valence-electron chi connectivity index (χ0n) is 29.0. The van der Waals surface area contributed by atoms with E-state index in [1.54, 1.807) is 6.92 Å². The van der Waals surface area contributed by atoms with Crippen LogP contribution in [0.25, 0.3) is 0 Å². The molecule has 0 saturated heterocycles. The molecule has 2 aliphatic rings. The summed E-state index contributed by atoms with van der Waals surface area (Å²) >= 11 is 0. The van der Waals surface area contributed by atoms with Gasteiger partial charge in [0.2, 0.25) is 0 Å². The molecule has 1 aromatic rings. The summed E-state index contributed by atoms with van der Waals surface area (Å²) < 4.78 is 5.43. The minimum absolute atomic E-state index is 0.0514. The third-order valence-electron chi connectivity index (χ3n) is 9.63. The summed E-state index contributed by atoms with van der Waals surface area (Å²) in [7, 11) is 0. The fraction of sp³-hybridized carbons (Fsp3) is 0.684. The van der Waals surface area contributed by atoms with Crippen LogP contribution in [-0.4, -0.2) is 40.8 Å². The normalized spacial score (nSPS) is 23.2. The Morgan fingerprint density at radius 3 is 2.20 bits per heavy atom. The predicted molar refractivity (Wildman–Crippen MR) is 179 cm³/mol. The summed E-state index contributed by atoms with van der Waals surface area (Å²) in [5.41, 5.74) is 2.77. The number of ether oxygens (including phenoxy) is 1. The van der Waals surface area contributed by atoms with Crippen molar-refractivity contribution in [3.05, 3.63) is 59.2 Å². The van der Waals surface area contributed by atoms with Gasteiger partial charge < -0.3 is 15.2 Å². The van der Waals surface area contributed by atoms with Gasteiger partial charge in [-0.15, -0.1) is 0 Å². The van der Waals surface area contributed by atoms with Gasteiger partial charge in [0.1, 0.15) is 6.04 Å². The van der Waals surface area contributed by atoms with Crippen LogP contribution >= 0.6 is 0 Å². The standard InChI is InChI=1S/C38H60N2O4/c1-26(2)44-35(43)30-17-15-28(16-18-30)32(21-22-36(4,5)6)39-38(23-19-31(20-24-38)37(7,8)9)40-33(27(3)41)25-34(42)29-13-11-10-12-14-29/h10-11,13,15-18,26,31-34,39-40,42H,12,14,19-25H2,1-9H3/p+1/t31?,32-,33?,34?,38?/m1/s1. The maximum Gasteiger partial charge on any atom is 0.338 e. The van der Waals surface area contributed by atoms with Crippen molar-refractivity contribution in [2.24, 2.45) is 16.7 Å². The summed E-state index contributed by atoms with van der Waals surface area (Å²) in [5, 5.41) is 17.6. The highest BCUT2D eigenvalue weighted by atomic mass is 16.5. The van der Waals surface area contributed by atoms with Crippen LogP contribution in [-0.2, 0) is 9.53 Å². The molecule has 1 saturated carbocycles. The maximum absolute atomic E-state index is 13.1. The van der Waals surface area contributed by atoms with E-state index in [2.05, 4.69) is 70.4 Å². The number of quaternary nitrogens is 1. The van der Waals surface area contributed by atoms with Gasteiger partial charge in [0, 0.05) is 32.2 Å². The Labute approximate surface area is 267 Å². The second-order valence-electron chi connectivity index (χ2n) is 16.0. The molecule has 0 radical (unpaired) electrons. The highest BCUT2D eigenvalue weighted by Gasteiger charge is 2.45. The van der Waals surface area contributed by atoms with E-state index in [0.29, 0.717) is 17.9 Å². The van der Waals surface area contributed by atoms with Crippen LogP contribution in [0.5, 0.6) is 0 Å². The van der Waals surface area contributed by atoms with E-state index in [1.807, 2.05) is 38.1 Å². The number of carbonyl (C=O) groups excluding carboxylic acids is 2. The molecule has 4 N–H and O–H groups in total. The lowest BCUT2D eigenvalue weighted by Crippen LogP contribution is -3.05. The van der Waals surface area contributed by atoms with Crippen LogP contribution < -0.4 is 10.6 Å². The summed E-state index contributed by atoms with van der Waals surface area (Å²) in [6, 6.07) is 7.57. The number of aliphatic hydroxyl groups is 1. The zero-order chi connectivity index (χ0) is 32.7. The smallest absolute Gasteiger partial charge is 0.338 e. The summed E-state index contributed by atoms with van der Waals surface area (Å²) in [5.74, 6) is 0.419. The fourth-order valence-corrected chi connectivity index (χ4v) is 6.77. The van der Waals surface area contributed by atoms with E-state index in [9.17, 15) is 14.7 Å². The number of allylic oxidation sites excluding steroid dienone is 3. The van der Waals surface area contributed by atoms with Gasteiger partial charge in [0.25, 0.3) is 0 Å². The van der Waals surface area contributed by atoms with Gasteiger partial charge in [-0.05, 0) is 92.4 Å². The van der Waals surface area contributed by atoms with Crippen LogP contribution in [0.1, 0.15) is 142 Å². The highest BCUT2D eigenvalue weighted by molar-refractivity contribution is 5.89. The highest BCUT2D eigenvalue weighted by Crippen LogP contribution is 2.41. The number of hydrogen-bond donors (Lipinski definition) is 3. The first kappa shape index (κ1) is 36.2. The van der Waals surface area contributed by atoms with Gasteiger partial charge in [-0.2, -0.15) is 0 Å². The summed E-state index contributed by atoms with van der Waals surface area (Å²) in [4.78, 5) is 25.7. The molecule has 0 aliphatic heterocycles. The van der Waals surface area contributed by atoms with Crippen LogP contribution in [0.15, 0.2) is 48.1 Å². The molecule has 6 heteroatoms. The van der Waals surface area contributed by atoms with E-state index in [-0.39, 0.29) is 46.4 Å². The molecule has 2 aliphatic carbocycles. The average molecular weight is 610 g/mol. The second kappa shape index (κ2) is 15.3. The first-order valence-corrected chi connectivity index (χ1v) is 17.0. The lowest BCUT2D eigenvalue weighted by molar-refractivity contribution is -0.757. The number of benzene rings is 1. The van der Waals surface area contributed by atoms with Crippen molar-refractivity contribution in [3.63, 3.8) is 0 Å². The fourth-order valence-electron chi connectivity index (χ4n) is 6.77. The molecule has 0 amide bonds. The first-order valence-electron chi connectivity index (χ1n) is 17.0. The SMILES string of the molecule is CC(=O)C(CC(O)C1=CC=CCC1)[NH2+]C1(N[C@H](CCC(C)(C)C)c2ccc(C(=O)OC(C)C)cc2)CCC(C(C)(C)C)CC1. The Balaban J connectivity index is 1.93. The molecule has 0 aromatic heterocycles. The zero-order valence-corrected chi connectivity index (χ0v) is 29.0. The number of carbonyl (C=O) groups is 2. The molecule has 1 aromatic carbocycles. The van der Waals surface area contributed by atoms with E-state index in [1.165, 1.54) is 0 Å². The Bertz CT molecular complexity index is 1140. The van der Waals surface area contributed by atoms with Crippen molar-refractivity contribution in [1.29, 1.82) is 0 Å². The van der Waals surface area contributed by atoms with Crippen molar-refractivity contribution >= 4 is 11.8 Å². The van der Waals surface area contributed by atoms with Gasteiger partial charge in [-0.3, -0.25) is 10.1 Å². The average Bonchev–Trinajstić information content (AvgIpc) is 2.94. The molecule has 3 atom stereocenters. The Hall–Kier alpha value is -2.28. The van der Waals surface area contributed by atoms with E-state index < -0.39 is 6.10 Å². The van der Waals surface area contributed by atoms with Crippen LogP contribution in [0, 0.1) is 16.7 Å². The number of esters is 1. The monoisotopic (exact) mass is 609 g/mol. The number of hydrogen-bond acceptors (Lipinski definition) is 5. The minimum Gasteiger partial charge on any atom is -0.459 e. The first-order chi connectivity index (χ1) is 20.5. The predicted octanol–water partition coefficient (Wildman–Crippen LogP) is 7.19. The lowest BCUT2D eigenvalue weighted by atomic mass is 9.69. The van der Waals surface area contributed by atoms with Gasteiger partial charge in [0.15, 0.2) is 11.4 Å². The van der Waals surface area contributed by atoms with E-state index in [0.717, 1.165) is 62.5 Å². The molecule has 0 spiro atoms. The molecule has 0 bridgehead atoms. The molecular formula is C38H61N2O4+. The van der Waals surface area contributed by atoms with E-state index in [4.69, 9.17) is 4.74 Å².